The highest BCUT2D eigenvalue weighted by molar-refractivity contribution is 7.13. The molecule has 0 atom stereocenters. The molecule has 0 amide bonds. The Morgan fingerprint density at radius 1 is 1.50 bits per heavy atom. The first-order chi connectivity index (χ1) is 8.62. The predicted octanol–water partition coefficient (Wildman–Crippen LogP) is 2.82. The number of nitrogens with zero attached hydrogens (tertiary/aromatic N) is 3. The van der Waals surface area contributed by atoms with Crippen molar-refractivity contribution >= 4 is 17.6 Å². The minimum atomic E-state index is -0.591. The van der Waals surface area contributed by atoms with Gasteiger partial charge < -0.3 is 4.79 Å². The largest absolute Gasteiger partial charge is 0.301 e. The summed E-state index contributed by atoms with van der Waals surface area (Å²) in [6.45, 7) is 3.75. The molecule has 0 bridgehead atoms. The minimum absolute atomic E-state index is 0.591. The first kappa shape index (κ1) is 11.6. The van der Waals surface area contributed by atoms with Crippen molar-refractivity contribution in [2.24, 2.45) is 0 Å². The Hall–Kier alpha value is -1.49. The van der Waals surface area contributed by atoms with Crippen molar-refractivity contribution in [3.05, 3.63) is 23.5 Å². The zero-order chi connectivity index (χ0) is 12.8. The SMILES string of the molecule is CC(C)(C=O)n1cc(C2CC2)c(-c2cncs2)n1. The number of hydrogen-bond donors (Lipinski definition) is 0. The number of aromatic nitrogens is 3. The molecule has 1 fully saturated rings. The smallest absolute Gasteiger partial charge is 0.147 e. The number of carbonyl (C=O) groups is 1. The number of rotatable bonds is 4. The van der Waals surface area contributed by atoms with E-state index in [1.54, 1.807) is 16.0 Å². The van der Waals surface area contributed by atoms with Crippen LogP contribution in [0.2, 0.25) is 0 Å². The minimum Gasteiger partial charge on any atom is -0.301 e. The lowest BCUT2D eigenvalue weighted by Gasteiger charge is -2.17. The Bertz CT molecular complexity index is 567. The van der Waals surface area contributed by atoms with E-state index in [4.69, 9.17) is 0 Å². The molecule has 3 rings (SSSR count). The molecular formula is C13H15N3OS. The van der Waals surface area contributed by atoms with Crippen LogP contribution in [-0.4, -0.2) is 21.1 Å². The van der Waals surface area contributed by atoms with Crippen molar-refractivity contribution in [1.29, 1.82) is 0 Å². The zero-order valence-corrected chi connectivity index (χ0v) is 11.3. The van der Waals surface area contributed by atoms with Crippen LogP contribution in [0.25, 0.3) is 10.6 Å². The van der Waals surface area contributed by atoms with Crippen LogP contribution in [0.3, 0.4) is 0 Å². The summed E-state index contributed by atoms with van der Waals surface area (Å²) in [5.74, 6) is 0.610. The molecule has 0 unspecified atom stereocenters. The summed E-state index contributed by atoms with van der Waals surface area (Å²) in [7, 11) is 0. The van der Waals surface area contributed by atoms with Gasteiger partial charge in [-0.1, -0.05) is 0 Å². The van der Waals surface area contributed by atoms with Crippen molar-refractivity contribution in [3.8, 4) is 10.6 Å². The monoisotopic (exact) mass is 261 g/mol. The predicted molar refractivity (Wildman–Crippen MR) is 70.7 cm³/mol. The normalized spacial score (nSPS) is 15.9. The third-order valence-corrected chi connectivity index (χ3v) is 4.08. The Kier molecular flexibility index (Phi) is 2.59. The van der Waals surface area contributed by atoms with E-state index in [2.05, 4.69) is 10.1 Å². The lowest BCUT2D eigenvalue weighted by Crippen LogP contribution is -2.28. The van der Waals surface area contributed by atoms with Crippen LogP contribution in [0, 0.1) is 0 Å². The fourth-order valence-corrected chi connectivity index (χ4v) is 2.58. The lowest BCUT2D eigenvalue weighted by molar-refractivity contribution is -0.114. The van der Waals surface area contributed by atoms with Gasteiger partial charge in [-0.2, -0.15) is 5.10 Å². The van der Waals surface area contributed by atoms with Crippen LogP contribution >= 0.6 is 11.3 Å². The van der Waals surface area contributed by atoms with Gasteiger partial charge in [-0.15, -0.1) is 11.3 Å². The average Bonchev–Trinajstić information content (AvgIpc) is 2.91. The van der Waals surface area contributed by atoms with Crippen LogP contribution in [-0.2, 0) is 10.3 Å². The summed E-state index contributed by atoms with van der Waals surface area (Å²) in [4.78, 5) is 16.3. The first-order valence-corrected chi connectivity index (χ1v) is 6.95. The molecule has 4 nitrogen and oxygen atoms in total. The maximum absolute atomic E-state index is 11.1. The van der Waals surface area contributed by atoms with Crippen LogP contribution in [0.1, 0.15) is 38.2 Å². The molecule has 1 aliphatic rings. The third-order valence-electron chi connectivity index (χ3n) is 3.30. The van der Waals surface area contributed by atoms with E-state index in [-0.39, 0.29) is 0 Å². The molecule has 18 heavy (non-hydrogen) atoms. The van der Waals surface area contributed by atoms with Gasteiger partial charge in [0.2, 0.25) is 0 Å². The molecule has 1 saturated carbocycles. The average molecular weight is 261 g/mol. The van der Waals surface area contributed by atoms with E-state index in [0.29, 0.717) is 5.92 Å². The highest BCUT2D eigenvalue weighted by Gasteiger charge is 2.31. The van der Waals surface area contributed by atoms with E-state index in [0.717, 1.165) is 16.9 Å². The van der Waals surface area contributed by atoms with Gasteiger partial charge in [-0.05, 0) is 32.6 Å². The van der Waals surface area contributed by atoms with Gasteiger partial charge >= 0.3 is 0 Å². The summed E-state index contributed by atoms with van der Waals surface area (Å²) < 4.78 is 1.78. The fraction of sp³-hybridized carbons (Fsp3) is 0.462. The van der Waals surface area contributed by atoms with Crippen molar-refractivity contribution in [3.63, 3.8) is 0 Å². The van der Waals surface area contributed by atoms with Gasteiger partial charge in [0.1, 0.15) is 17.5 Å². The van der Waals surface area contributed by atoms with Crippen LogP contribution in [0.15, 0.2) is 17.9 Å². The molecule has 0 saturated heterocycles. The second-order valence-electron chi connectivity index (χ2n) is 5.29. The molecular weight excluding hydrogens is 246 g/mol. The highest BCUT2D eigenvalue weighted by atomic mass is 32.1. The molecule has 5 heteroatoms. The Morgan fingerprint density at radius 3 is 2.83 bits per heavy atom. The second-order valence-corrected chi connectivity index (χ2v) is 6.18. The van der Waals surface area contributed by atoms with Gasteiger partial charge in [-0.3, -0.25) is 9.67 Å². The van der Waals surface area contributed by atoms with Crippen molar-refractivity contribution < 1.29 is 4.79 Å². The van der Waals surface area contributed by atoms with Crippen molar-refractivity contribution in [1.82, 2.24) is 14.8 Å². The molecule has 0 aromatic carbocycles. The molecule has 0 radical (unpaired) electrons. The van der Waals surface area contributed by atoms with Crippen LogP contribution in [0.4, 0.5) is 0 Å². The highest BCUT2D eigenvalue weighted by Crippen LogP contribution is 2.45. The Morgan fingerprint density at radius 2 is 2.28 bits per heavy atom. The first-order valence-electron chi connectivity index (χ1n) is 6.07. The van der Waals surface area contributed by atoms with E-state index in [1.165, 1.54) is 18.4 Å². The Labute approximate surface area is 110 Å². The molecule has 0 spiro atoms. The van der Waals surface area contributed by atoms with E-state index < -0.39 is 5.54 Å². The van der Waals surface area contributed by atoms with Gasteiger partial charge in [0.25, 0.3) is 0 Å². The summed E-state index contributed by atoms with van der Waals surface area (Å²) in [6.07, 6.45) is 7.25. The molecule has 0 aliphatic heterocycles. The standard InChI is InChI=1S/C13H15N3OS/c1-13(2,7-17)16-6-10(9-3-4-9)12(15-16)11-5-14-8-18-11/h5-9H,3-4H2,1-2H3. The quantitative estimate of drug-likeness (QED) is 0.795. The molecule has 94 valence electrons. The van der Waals surface area contributed by atoms with Crippen molar-refractivity contribution in [2.75, 3.05) is 0 Å². The zero-order valence-electron chi connectivity index (χ0n) is 10.5. The number of aldehydes is 1. The number of thiazole rings is 1. The van der Waals surface area contributed by atoms with E-state index in [1.807, 2.05) is 31.8 Å². The van der Waals surface area contributed by atoms with Gasteiger partial charge in [-0.25, -0.2) is 0 Å². The summed E-state index contributed by atoms with van der Waals surface area (Å²) in [6, 6.07) is 0. The fourth-order valence-electron chi connectivity index (χ4n) is 1.95. The van der Waals surface area contributed by atoms with E-state index in [9.17, 15) is 4.79 Å². The molecule has 2 aromatic heterocycles. The van der Waals surface area contributed by atoms with Gasteiger partial charge in [0.05, 0.1) is 10.4 Å². The summed E-state index contributed by atoms with van der Waals surface area (Å²) >= 11 is 1.59. The maximum Gasteiger partial charge on any atom is 0.147 e. The van der Waals surface area contributed by atoms with Crippen molar-refractivity contribution in [2.45, 2.75) is 38.1 Å². The maximum atomic E-state index is 11.1. The molecule has 2 aromatic rings. The topological polar surface area (TPSA) is 47.8 Å². The summed E-state index contributed by atoms with van der Waals surface area (Å²) in [5.41, 5.74) is 3.48. The third kappa shape index (κ3) is 1.88. The number of hydrogen-bond acceptors (Lipinski definition) is 4. The molecule has 2 heterocycles. The van der Waals surface area contributed by atoms with Crippen LogP contribution < -0.4 is 0 Å². The lowest BCUT2D eigenvalue weighted by atomic mass is 10.1. The second kappa shape index (κ2) is 4.02. The summed E-state index contributed by atoms with van der Waals surface area (Å²) in [5, 5.41) is 4.61. The van der Waals surface area contributed by atoms with E-state index >= 15 is 0 Å². The van der Waals surface area contributed by atoms with Gasteiger partial charge in [0.15, 0.2) is 0 Å². The number of carbonyl (C=O) groups excluding carboxylic acids is 1. The Balaban J connectivity index is 2.10. The van der Waals surface area contributed by atoms with Gasteiger partial charge in [0, 0.05) is 18.0 Å². The molecule has 0 N–H and O–H groups in total. The van der Waals surface area contributed by atoms with Crippen LogP contribution in [0.5, 0.6) is 0 Å². The molecule has 1 aliphatic carbocycles.